The van der Waals surface area contributed by atoms with Crippen LogP contribution in [0.15, 0.2) is 46.4 Å². The molecule has 2 bridgehead atoms. The van der Waals surface area contributed by atoms with Gasteiger partial charge >= 0.3 is 0 Å². The van der Waals surface area contributed by atoms with Crippen molar-refractivity contribution in [1.82, 2.24) is 24.4 Å². The van der Waals surface area contributed by atoms with Crippen molar-refractivity contribution in [1.29, 1.82) is 0 Å². The van der Waals surface area contributed by atoms with Gasteiger partial charge in [0.2, 0.25) is 11.1 Å². The average Bonchev–Trinajstić information content (AvgIpc) is 3.46. The minimum atomic E-state index is -1.06. The van der Waals surface area contributed by atoms with Crippen molar-refractivity contribution in [2.24, 2.45) is 4.99 Å². The SMILES string of the molecule is CN(C)C=Nc1nc2c(ncn2[C@@H]2O[C@@]3(CSC(=O)c4ccccc4)COC2[C@H]3O)c(=O)[nH]1. The van der Waals surface area contributed by atoms with Gasteiger partial charge in [0.25, 0.3) is 5.56 Å². The number of aliphatic imine (C=N–C) groups is 1. The van der Waals surface area contributed by atoms with E-state index in [0.29, 0.717) is 5.56 Å². The first kappa shape index (κ1) is 21.8. The van der Waals surface area contributed by atoms with E-state index >= 15 is 0 Å². The molecule has 2 aromatic heterocycles. The summed E-state index contributed by atoms with van der Waals surface area (Å²) in [6, 6.07) is 8.93. The molecule has 4 atom stereocenters. The number of hydrogen-bond acceptors (Lipinski definition) is 9. The number of thioether (sulfide) groups is 1. The number of carbonyl (C=O) groups is 1. The van der Waals surface area contributed by atoms with Crippen molar-refractivity contribution in [3.05, 3.63) is 52.6 Å². The van der Waals surface area contributed by atoms with Crippen molar-refractivity contribution in [2.75, 3.05) is 26.5 Å². The molecule has 2 saturated heterocycles. The number of ether oxygens (including phenoxy) is 2. The zero-order valence-electron chi connectivity index (χ0n) is 17.9. The molecule has 2 aliphatic rings. The van der Waals surface area contributed by atoms with Crippen LogP contribution in [0.1, 0.15) is 16.6 Å². The predicted octanol–water partition coefficient (Wildman–Crippen LogP) is 0.942. The summed E-state index contributed by atoms with van der Waals surface area (Å²) in [6.45, 7) is 0.156. The first-order valence-corrected chi connectivity index (χ1v) is 11.2. The van der Waals surface area contributed by atoms with Crippen LogP contribution in [0.4, 0.5) is 5.95 Å². The zero-order chi connectivity index (χ0) is 23.2. The second-order valence-electron chi connectivity index (χ2n) is 8.16. The third kappa shape index (κ3) is 3.84. The third-order valence-electron chi connectivity index (χ3n) is 5.57. The van der Waals surface area contributed by atoms with Gasteiger partial charge in [-0.25, -0.2) is 9.98 Å². The van der Waals surface area contributed by atoms with E-state index in [0.717, 1.165) is 11.8 Å². The zero-order valence-corrected chi connectivity index (χ0v) is 18.7. The molecule has 5 rings (SSSR count). The molecular formula is C21H22N6O5S. The normalized spacial score (nSPS) is 26.5. The third-order valence-corrected chi connectivity index (χ3v) is 6.70. The van der Waals surface area contributed by atoms with Crippen LogP contribution in [-0.4, -0.2) is 85.2 Å². The second-order valence-corrected chi connectivity index (χ2v) is 9.11. The first-order chi connectivity index (χ1) is 15.9. The Hall–Kier alpha value is -3.06. The highest BCUT2D eigenvalue weighted by atomic mass is 32.2. The molecule has 33 heavy (non-hydrogen) atoms. The van der Waals surface area contributed by atoms with Gasteiger partial charge < -0.3 is 19.5 Å². The lowest BCUT2D eigenvalue weighted by Crippen LogP contribution is -2.43. The van der Waals surface area contributed by atoms with E-state index in [9.17, 15) is 14.7 Å². The Kier molecular flexibility index (Phi) is 5.52. The molecule has 4 heterocycles. The number of nitrogens with zero attached hydrogens (tertiary/aromatic N) is 5. The molecule has 172 valence electrons. The number of hydrogen-bond donors (Lipinski definition) is 2. The van der Waals surface area contributed by atoms with Crippen LogP contribution in [0.2, 0.25) is 0 Å². The van der Waals surface area contributed by atoms with Crippen LogP contribution in [0.3, 0.4) is 0 Å². The highest BCUT2D eigenvalue weighted by Crippen LogP contribution is 2.47. The number of aliphatic hydroxyl groups excluding tert-OH is 1. The molecule has 12 heteroatoms. The van der Waals surface area contributed by atoms with Crippen LogP contribution in [0, 0.1) is 0 Å². The number of rotatable bonds is 6. The minimum absolute atomic E-state index is 0.114. The molecule has 0 radical (unpaired) electrons. The maximum Gasteiger partial charge on any atom is 0.280 e. The van der Waals surface area contributed by atoms with Gasteiger partial charge in [0, 0.05) is 25.4 Å². The van der Waals surface area contributed by atoms with Crippen molar-refractivity contribution in [3.63, 3.8) is 0 Å². The Balaban J connectivity index is 1.41. The number of benzene rings is 1. The molecule has 0 spiro atoms. The summed E-state index contributed by atoms with van der Waals surface area (Å²) >= 11 is 1.07. The van der Waals surface area contributed by atoms with Crippen LogP contribution >= 0.6 is 11.8 Å². The molecule has 3 aromatic rings. The summed E-state index contributed by atoms with van der Waals surface area (Å²) in [5, 5.41) is 10.8. The Morgan fingerprint density at radius 3 is 2.97 bits per heavy atom. The van der Waals surface area contributed by atoms with Gasteiger partial charge in [0.15, 0.2) is 17.4 Å². The van der Waals surface area contributed by atoms with Crippen LogP contribution < -0.4 is 5.56 Å². The predicted molar refractivity (Wildman–Crippen MR) is 122 cm³/mol. The molecule has 11 nitrogen and oxygen atoms in total. The van der Waals surface area contributed by atoms with E-state index < -0.39 is 29.6 Å². The number of H-pyrrole nitrogens is 1. The average molecular weight is 471 g/mol. The van der Waals surface area contributed by atoms with Crippen LogP contribution in [-0.2, 0) is 9.47 Å². The van der Waals surface area contributed by atoms with Crippen LogP contribution in [0.5, 0.6) is 0 Å². The van der Waals surface area contributed by atoms with E-state index in [1.165, 1.54) is 12.7 Å². The fourth-order valence-electron chi connectivity index (χ4n) is 3.92. The van der Waals surface area contributed by atoms with Gasteiger partial charge in [-0.1, -0.05) is 42.1 Å². The molecule has 0 aliphatic carbocycles. The fourth-order valence-corrected chi connectivity index (χ4v) is 4.92. The Morgan fingerprint density at radius 1 is 1.42 bits per heavy atom. The van der Waals surface area contributed by atoms with Crippen molar-refractivity contribution < 1.29 is 19.4 Å². The highest BCUT2D eigenvalue weighted by Gasteiger charge is 2.62. The molecule has 2 aliphatic heterocycles. The lowest BCUT2D eigenvalue weighted by atomic mass is 10.0. The maximum absolute atomic E-state index is 12.6. The van der Waals surface area contributed by atoms with Crippen LogP contribution in [0.25, 0.3) is 11.2 Å². The molecule has 1 aromatic carbocycles. The van der Waals surface area contributed by atoms with Crippen molar-refractivity contribution in [2.45, 2.75) is 24.0 Å². The van der Waals surface area contributed by atoms with E-state index in [4.69, 9.17) is 9.47 Å². The number of aliphatic hydroxyl groups is 1. The topological polar surface area (TPSA) is 135 Å². The van der Waals surface area contributed by atoms with E-state index in [2.05, 4.69) is 19.9 Å². The smallest absolute Gasteiger partial charge is 0.280 e. The molecular weight excluding hydrogens is 448 g/mol. The fraction of sp³-hybridized carbons (Fsp3) is 0.381. The minimum Gasteiger partial charge on any atom is -0.387 e. The summed E-state index contributed by atoms with van der Waals surface area (Å²) in [7, 11) is 3.60. The second kappa shape index (κ2) is 8.37. The lowest BCUT2D eigenvalue weighted by molar-refractivity contribution is -0.162. The van der Waals surface area contributed by atoms with E-state index in [1.807, 2.05) is 6.07 Å². The van der Waals surface area contributed by atoms with Gasteiger partial charge in [-0.15, -0.1) is 0 Å². The summed E-state index contributed by atoms with van der Waals surface area (Å²) < 4.78 is 13.7. The summed E-state index contributed by atoms with van der Waals surface area (Å²) in [5.41, 5.74) is -0.529. The summed E-state index contributed by atoms with van der Waals surface area (Å²) in [4.78, 5) is 42.0. The van der Waals surface area contributed by atoms with Crippen molar-refractivity contribution >= 4 is 40.3 Å². The highest BCUT2D eigenvalue weighted by molar-refractivity contribution is 8.14. The Morgan fingerprint density at radius 2 is 2.21 bits per heavy atom. The number of carbonyl (C=O) groups excluding carboxylic acids is 1. The number of aromatic nitrogens is 4. The van der Waals surface area contributed by atoms with Crippen molar-refractivity contribution in [3.8, 4) is 0 Å². The van der Waals surface area contributed by atoms with Gasteiger partial charge in [0.05, 0.1) is 19.3 Å². The molecule has 1 unspecified atom stereocenters. The molecule has 2 N–H and O–H groups in total. The number of aromatic amines is 1. The standard InChI is InChI=1S/C21H22N6O5S/c1-26(2)10-23-20-24-16-13(17(29)25-20)22-11-27(16)18-14-15(28)21(32-18,8-31-14)9-33-19(30)12-6-4-3-5-7-12/h3-7,10-11,14-15,18,28H,8-9H2,1-2H3,(H,24,25,29)/t14?,15-,18-,21-/m1/s1. The van der Waals surface area contributed by atoms with Gasteiger partial charge in [-0.05, 0) is 0 Å². The number of imidazole rings is 1. The van der Waals surface area contributed by atoms with E-state index in [1.54, 1.807) is 47.8 Å². The summed E-state index contributed by atoms with van der Waals surface area (Å²) in [5.74, 6) is 0.333. The number of fused-ring (bicyclic) bond motifs is 3. The Bertz CT molecular complexity index is 1280. The first-order valence-electron chi connectivity index (χ1n) is 10.3. The largest absolute Gasteiger partial charge is 0.387 e. The summed E-state index contributed by atoms with van der Waals surface area (Å²) in [6.07, 6.45) is 0.547. The Labute approximate surface area is 192 Å². The molecule has 0 amide bonds. The monoisotopic (exact) mass is 470 g/mol. The molecule has 2 fully saturated rings. The number of nitrogens with one attached hydrogen (secondary N) is 1. The van der Waals surface area contributed by atoms with E-state index in [-0.39, 0.29) is 34.6 Å². The quantitative estimate of drug-likeness (QED) is 0.399. The van der Waals surface area contributed by atoms with Gasteiger partial charge in [-0.3, -0.25) is 19.1 Å². The molecule has 0 saturated carbocycles. The van der Waals surface area contributed by atoms with Gasteiger partial charge in [-0.2, -0.15) is 4.98 Å². The lowest BCUT2D eigenvalue weighted by Gasteiger charge is -2.30. The van der Waals surface area contributed by atoms with Gasteiger partial charge in [0.1, 0.15) is 17.8 Å². The maximum atomic E-state index is 12.6.